The SMILES string of the molecule is C[N+](C)=Cc1cn[nH]c1O.[Cl-]. The van der Waals surface area contributed by atoms with Crippen molar-refractivity contribution in [3.63, 3.8) is 0 Å². The van der Waals surface area contributed by atoms with Crippen molar-refractivity contribution in [2.75, 3.05) is 14.1 Å². The zero-order valence-corrected chi connectivity index (χ0v) is 7.13. The molecule has 1 aromatic rings. The maximum absolute atomic E-state index is 9.02. The zero-order chi connectivity index (χ0) is 7.56. The van der Waals surface area contributed by atoms with Gasteiger partial charge >= 0.3 is 0 Å². The summed E-state index contributed by atoms with van der Waals surface area (Å²) in [5, 5.41) is 15.1. The fourth-order valence-corrected chi connectivity index (χ4v) is 0.661. The van der Waals surface area contributed by atoms with Gasteiger partial charge in [-0.05, 0) is 0 Å². The Balaban J connectivity index is 0.000001000. The Bertz CT molecular complexity index is 252. The third kappa shape index (κ3) is 2.59. The highest BCUT2D eigenvalue weighted by Gasteiger charge is 2.01. The van der Waals surface area contributed by atoms with Crippen molar-refractivity contribution in [2.45, 2.75) is 0 Å². The van der Waals surface area contributed by atoms with E-state index in [4.69, 9.17) is 5.11 Å². The smallest absolute Gasteiger partial charge is 0.220 e. The molecule has 0 saturated carbocycles. The molecule has 0 unspecified atom stereocenters. The second-order valence-corrected chi connectivity index (χ2v) is 2.27. The summed E-state index contributed by atoms with van der Waals surface area (Å²) in [5.41, 5.74) is 0.699. The van der Waals surface area contributed by atoms with E-state index in [2.05, 4.69) is 10.2 Å². The molecule has 0 fully saturated rings. The minimum absolute atomic E-state index is 0. The number of H-pyrrole nitrogens is 1. The standard InChI is InChI=1S/C6H9N3O.ClH/c1-9(2)4-5-3-7-8-6(5)10;/h3-4H,1-2H3,(H,8,10);1H. The monoisotopic (exact) mass is 175 g/mol. The van der Waals surface area contributed by atoms with Crippen LogP contribution in [0.1, 0.15) is 5.56 Å². The van der Waals surface area contributed by atoms with Crippen molar-refractivity contribution in [2.24, 2.45) is 0 Å². The highest BCUT2D eigenvalue weighted by atomic mass is 35.5. The molecule has 0 aliphatic heterocycles. The molecule has 0 aliphatic rings. The summed E-state index contributed by atoms with van der Waals surface area (Å²) in [6.07, 6.45) is 3.34. The fourth-order valence-electron chi connectivity index (χ4n) is 0.661. The van der Waals surface area contributed by atoms with Crippen LogP contribution in [0.3, 0.4) is 0 Å². The Kier molecular flexibility index (Phi) is 3.60. The number of nitrogens with one attached hydrogen (secondary N) is 1. The molecular weight excluding hydrogens is 166 g/mol. The van der Waals surface area contributed by atoms with E-state index in [1.54, 1.807) is 12.4 Å². The first-order valence-electron chi connectivity index (χ1n) is 2.94. The lowest BCUT2D eigenvalue weighted by Gasteiger charge is -1.84. The summed E-state index contributed by atoms with van der Waals surface area (Å²) >= 11 is 0. The van der Waals surface area contributed by atoms with Crippen LogP contribution in [0.2, 0.25) is 0 Å². The molecule has 0 spiro atoms. The molecule has 0 aromatic carbocycles. The highest BCUT2D eigenvalue weighted by Crippen LogP contribution is 2.06. The summed E-state index contributed by atoms with van der Waals surface area (Å²) < 4.78 is 1.84. The lowest BCUT2D eigenvalue weighted by molar-refractivity contribution is -0.458. The van der Waals surface area contributed by atoms with E-state index in [-0.39, 0.29) is 18.3 Å². The van der Waals surface area contributed by atoms with Crippen LogP contribution >= 0.6 is 0 Å². The number of aromatic hydroxyl groups is 1. The van der Waals surface area contributed by atoms with Crippen LogP contribution < -0.4 is 12.4 Å². The Labute approximate surface area is 71.0 Å². The number of halogens is 1. The highest BCUT2D eigenvalue weighted by molar-refractivity contribution is 5.78. The zero-order valence-electron chi connectivity index (χ0n) is 6.37. The molecule has 4 nitrogen and oxygen atoms in total. The van der Waals surface area contributed by atoms with Gasteiger partial charge in [-0.3, -0.25) is 0 Å². The van der Waals surface area contributed by atoms with Crippen LogP contribution in [0, 0.1) is 0 Å². The lowest BCUT2D eigenvalue weighted by Crippen LogP contribution is -3.00. The molecule has 5 heteroatoms. The maximum atomic E-state index is 9.02. The second-order valence-electron chi connectivity index (χ2n) is 2.27. The Morgan fingerprint density at radius 3 is 2.64 bits per heavy atom. The summed E-state index contributed by atoms with van der Waals surface area (Å²) in [7, 11) is 3.76. The van der Waals surface area contributed by atoms with E-state index in [0.717, 1.165) is 0 Å². The Hall–Kier alpha value is -1.03. The van der Waals surface area contributed by atoms with Gasteiger partial charge in [0.15, 0.2) is 6.21 Å². The van der Waals surface area contributed by atoms with Crippen LogP contribution in [0.5, 0.6) is 5.88 Å². The number of aromatic amines is 1. The third-order valence-corrected chi connectivity index (χ3v) is 1.04. The quantitative estimate of drug-likeness (QED) is 0.349. The van der Waals surface area contributed by atoms with Crippen molar-refractivity contribution in [3.05, 3.63) is 11.8 Å². The normalized spacial score (nSPS) is 8.55. The van der Waals surface area contributed by atoms with Gasteiger partial charge in [-0.1, -0.05) is 0 Å². The summed E-state index contributed by atoms with van der Waals surface area (Å²) in [6.45, 7) is 0. The van der Waals surface area contributed by atoms with Gasteiger partial charge in [0.2, 0.25) is 5.88 Å². The van der Waals surface area contributed by atoms with Gasteiger partial charge in [-0.2, -0.15) is 5.10 Å². The molecule has 0 bridgehead atoms. The summed E-state index contributed by atoms with van der Waals surface area (Å²) in [5.74, 6) is 0.105. The first-order valence-corrected chi connectivity index (χ1v) is 2.94. The van der Waals surface area contributed by atoms with Crippen molar-refractivity contribution in [1.29, 1.82) is 0 Å². The van der Waals surface area contributed by atoms with E-state index < -0.39 is 0 Å². The predicted molar refractivity (Wildman–Crippen MR) is 37.5 cm³/mol. The van der Waals surface area contributed by atoms with E-state index in [1.807, 2.05) is 18.7 Å². The molecule has 0 radical (unpaired) electrons. The van der Waals surface area contributed by atoms with Gasteiger partial charge in [-0.25, -0.2) is 9.67 Å². The molecule has 0 saturated heterocycles. The van der Waals surface area contributed by atoms with E-state index in [1.165, 1.54) is 0 Å². The van der Waals surface area contributed by atoms with Gasteiger partial charge in [0, 0.05) is 0 Å². The fraction of sp³-hybridized carbons (Fsp3) is 0.333. The molecule has 11 heavy (non-hydrogen) atoms. The number of hydrogen-bond donors (Lipinski definition) is 2. The maximum Gasteiger partial charge on any atom is 0.220 e. The Morgan fingerprint density at radius 2 is 2.27 bits per heavy atom. The van der Waals surface area contributed by atoms with Gasteiger partial charge < -0.3 is 17.5 Å². The van der Waals surface area contributed by atoms with Crippen LogP contribution in [0.15, 0.2) is 6.20 Å². The molecule has 0 atom stereocenters. The van der Waals surface area contributed by atoms with Gasteiger partial charge in [-0.15, -0.1) is 0 Å². The number of nitrogens with zero attached hydrogens (tertiary/aromatic N) is 2. The minimum atomic E-state index is 0. The average Bonchev–Trinajstić information content (AvgIpc) is 2.15. The summed E-state index contributed by atoms with van der Waals surface area (Å²) in [4.78, 5) is 0. The minimum Gasteiger partial charge on any atom is -1.00 e. The first kappa shape index (κ1) is 9.97. The topological polar surface area (TPSA) is 51.9 Å². The number of hydrogen-bond acceptors (Lipinski definition) is 2. The molecule has 1 aromatic heterocycles. The molecule has 0 aliphatic carbocycles. The van der Waals surface area contributed by atoms with Gasteiger partial charge in [0.1, 0.15) is 19.7 Å². The molecule has 0 amide bonds. The lowest BCUT2D eigenvalue weighted by atomic mass is 10.4. The van der Waals surface area contributed by atoms with E-state index >= 15 is 0 Å². The average molecular weight is 176 g/mol. The second kappa shape index (κ2) is 3.98. The number of aromatic nitrogens is 2. The number of rotatable bonds is 1. The van der Waals surface area contributed by atoms with Crippen LogP contribution in [0.25, 0.3) is 0 Å². The van der Waals surface area contributed by atoms with Crippen molar-refractivity contribution < 1.29 is 22.1 Å². The molecular formula is C6H10ClN3O. The van der Waals surface area contributed by atoms with Crippen molar-refractivity contribution >= 4 is 6.21 Å². The molecule has 62 valence electrons. The van der Waals surface area contributed by atoms with Crippen molar-refractivity contribution in [3.8, 4) is 5.88 Å². The van der Waals surface area contributed by atoms with Gasteiger partial charge in [0.05, 0.1) is 6.20 Å². The Morgan fingerprint density at radius 1 is 1.64 bits per heavy atom. The van der Waals surface area contributed by atoms with Crippen molar-refractivity contribution in [1.82, 2.24) is 10.2 Å². The largest absolute Gasteiger partial charge is 1.00 e. The van der Waals surface area contributed by atoms with E-state index in [9.17, 15) is 0 Å². The van der Waals surface area contributed by atoms with Crippen LogP contribution in [-0.2, 0) is 0 Å². The summed E-state index contributed by atoms with van der Waals surface area (Å²) in [6, 6.07) is 0. The van der Waals surface area contributed by atoms with E-state index in [0.29, 0.717) is 5.56 Å². The third-order valence-electron chi connectivity index (χ3n) is 1.04. The van der Waals surface area contributed by atoms with Crippen LogP contribution in [-0.4, -0.2) is 40.2 Å². The predicted octanol–water partition coefficient (Wildman–Crippen LogP) is -3.19. The van der Waals surface area contributed by atoms with Gasteiger partial charge in [0.25, 0.3) is 0 Å². The first-order chi connectivity index (χ1) is 4.70. The molecule has 2 N–H and O–H groups in total. The molecule has 1 heterocycles. The van der Waals surface area contributed by atoms with Crippen LogP contribution in [0.4, 0.5) is 0 Å². The molecule has 1 rings (SSSR count).